The number of aryl methyl sites for hydroxylation is 1. The van der Waals surface area contributed by atoms with Crippen LogP contribution in [-0.4, -0.2) is 30.5 Å². The van der Waals surface area contributed by atoms with Gasteiger partial charge in [-0.15, -0.1) is 11.3 Å². The number of pyridine rings is 1. The molecule has 1 aliphatic carbocycles. The third-order valence-electron chi connectivity index (χ3n) is 7.25. The van der Waals surface area contributed by atoms with Crippen LogP contribution in [0.2, 0.25) is 0 Å². The normalized spacial score (nSPS) is 16.2. The molecule has 6 rings (SSSR count). The van der Waals surface area contributed by atoms with E-state index in [9.17, 15) is 10.1 Å². The lowest BCUT2D eigenvalue weighted by Crippen LogP contribution is -2.29. The van der Waals surface area contributed by atoms with Crippen molar-refractivity contribution in [3.8, 4) is 17.3 Å². The molecule has 2 aliphatic rings. The molecule has 0 spiro atoms. The van der Waals surface area contributed by atoms with Gasteiger partial charge in [0.2, 0.25) is 0 Å². The van der Waals surface area contributed by atoms with Crippen molar-refractivity contribution in [2.75, 3.05) is 6.54 Å². The molecule has 4 heterocycles. The summed E-state index contributed by atoms with van der Waals surface area (Å²) in [6.45, 7) is 9.71. The Morgan fingerprint density at radius 2 is 1.97 bits per heavy atom. The Labute approximate surface area is 221 Å². The molecular weight excluding hydrogens is 480 g/mol. The Morgan fingerprint density at radius 3 is 2.70 bits per heavy atom. The third kappa shape index (κ3) is 4.62. The van der Waals surface area contributed by atoms with E-state index >= 15 is 0 Å². The van der Waals surface area contributed by atoms with Gasteiger partial charge in [-0.05, 0) is 48.1 Å². The zero-order valence-electron chi connectivity index (χ0n) is 21.9. The Morgan fingerprint density at radius 1 is 1.16 bits per heavy atom. The van der Waals surface area contributed by atoms with Gasteiger partial charge in [-0.3, -0.25) is 14.0 Å². The number of nitrogens with zero attached hydrogens (tertiary/aromatic N) is 6. The van der Waals surface area contributed by atoms with Crippen molar-refractivity contribution in [2.45, 2.75) is 65.6 Å². The molecule has 0 atom stereocenters. The second-order valence-corrected chi connectivity index (χ2v) is 12.8. The first-order valence-electron chi connectivity index (χ1n) is 13.0. The fraction of sp³-hybridized carbons (Fsp3) is 0.448. The van der Waals surface area contributed by atoms with Gasteiger partial charge in [-0.25, -0.2) is 14.8 Å². The molecule has 37 heavy (non-hydrogen) atoms. The molecule has 0 saturated heterocycles. The minimum atomic E-state index is -0.0683. The van der Waals surface area contributed by atoms with E-state index in [1.807, 2.05) is 35.6 Å². The van der Waals surface area contributed by atoms with E-state index < -0.39 is 0 Å². The maximum absolute atomic E-state index is 13.0. The second kappa shape index (κ2) is 8.93. The predicted molar refractivity (Wildman–Crippen MR) is 146 cm³/mol. The quantitative estimate of drug-likeness (QED) is 0.367. The number of hydrogen-bond acceptors (Lipinski definition) is 6. The molecule has 1 fully saturated rings. The number of nitriles is 1. The Hall–Kier alpha value is -3.28. The van der Waals surface area contributed by atoms with E-state index in [1.165, 1.54) is 28.4 Å². The Bertz CT molecular complexity index is 1610. The summed E-state index contributed by atoms with van der Waals surface area (Å²) in [6, 6.07) is 12.3. The standard InChI is InChI=1S/C29H32N6OS/c1-29(2,3)17-35-24-10-9-22(31-26(24)33(4)28(35)36)21-13-18(5-6-20(21)14-30)15-34-12-11-23-25(16-34)37-27(32-23)19-7-8-19/h5-6,9-10,13,19H,7-8,11-12,15-17H2,1-4H3. The lowest BCUT2D eigenvalue weighted by Gasteiger charge is -2.26. The molecule has 7 nitrogen and oxygen atoms in total. The summed E-state index contributed by atoms with van der Waals surface area (Å²) >= 11 is 1.90. The minimum absolute atomic E-state index is 0.0348. The SMILES string of the molecule is Cn1c(=O)n(CC(C)(C)C)c2ccc(-c3cc(CN4CCc5nc(C6CC6)sc5C4)ccc3C#N)nc21. The number of fused-ring (bicyclic) bond motifs is 2. The summed E-state index contributed by atoms with van der Waals surface area (Å²) in [5.74, 6) is 0.708. The van der Waals surface area contributed by atoms with Crippen LogP contribution in [0.15, 0.2) is 35.1 Å². The van der Waals surface area contributed by atoms with Crippen molar-refractivity contribution in [3.05, 3.63) is 67.5 Å². The zero-order valence-corrected chi connectivity index (χ0v) is 22.7. The number of imidazole rings is 1. The van der Waals surface area contributed by atoms with Gasteiger partial charge in [0.15, 0.2) is 5.65 Å². The van der Waals surface area contributed by atoms with Crippen LogP contribution in [0.3, 0.4) is 0 Å². The van der Waals surface area contributed by atoms with Gasteiger partial charge in [0.05, 0.1) is 33.5 Å². The highest BCUT2D eigenvalue weighted by Gasteiger charge is 2.30. The molecule has 3 aromatic heterocycles. The molecule has 1 saturated carbocycles. The third-order valence-corrected chi connectivity index (χ3v) is 8.50. The Kier molecular flexibility index (Phi) is 5.81. The largest absolute Gasteiger partial charge is 0.330 e. The molecular formula is C29H32N6OS. The van der Waals surface area contributed by atoms with E-state index in [0.717, 1.165) is 42.7 Å². The van der Waals surface area contributed by atoms with E-state index in [1.54, 1.807) is 16.2 Å². The van der Waals surface area contributed by atoms with Gasteiger partial charge >= 0.3 is 5.69 Å². The highest BCUT2D eigenvalue weighted by molar-refractivity contribution is 7.11. The topological polar surface area (TPSA) is 79.7 Å². The summed E-state index contributed by atoms with van der Waals surface area (Å²) in [6.07, 6.45) is 3.58. The smallest absolute Gasteiger partial charge is 0.294 e. The van der Waals surface area contributed by atoms with Crippen LogP contribution in [0.25, 0.3) is 22.4 Å². The minimum Gasteiger partial charge on any atom is -0.294 e. The average molecular weight is 513 g/mol. The van der Waals surface area contributed by atoms with Crippen molar-refractivity contribution < 1.29 is 0 Å². The average Bonchev–Trinajstić information content (AvgIpc) is 3.60. The van der Waals surface area contributed by atoms with E-state index in [0.29, 0.717) is 29.4 Å². The van der Waals surface area contributed by atoms with E-state index in [2.05, 4.69) is 37.8 Å². The van der Waals surface area contributed by atoms with Crippen LogP contribution in [0.1, 0.15) is 66.2 Å². The van der Waals surface area contributed by atoms with Crippen molar-refractivity contribution >= 4 is 22.5 Å². The highest BCUT2D eigenvalue weighted by Crippen LogP contribution is 2.43. The van der Waals surface area contributed by atoms with Crippen LogP contribution in [0.4, 0.5) is 0 Å². The van der Waals surface area contributed by atoms with Gasteiger partial charge < -0.3 is 0 Å². The predicted octanol–water partition coefficient (Wildman–Crippen LogP) is 5.21. The lowest BCUT2D eigenvalue weighted by atomic mass is 9.97. The first kappa shape index (κ1) is 24.1. The summed E-state index contributed by atoms with van der Waals surface area (Å²) < 4.78 is 3.41. The summed E-state index contributed by atoms with van der Waals surface area (Å²) in [5, 5.41) is 11.2. The molecule has 8 heteroatoms. The number of hydrogen-bond donors (Lipinski definition) is 0. The van der Waals surface area contributed by atoms with Crippen molar-refractivity contribution in [2.24, 2.45) is 12.5 Å². The molecule has 1 aliphatic heterocycles. The summed E-state index contributed by atoms with van der Waals surface area (Å²) in [7, 11) is 1.76. The molecule has 0 bridgehead atoms. The van der Waals surface area contributed by atoms with Crippen molar-refractivity contribution in [1.82, 2.24) is 24.0 Å². The molecule has 0 radical (unpaired) electrons. The van der Waals surface area contributed by atoms with Crippen molar-refractivity contribution in [3.63, 3.8) is 0 Å². The van der Waals surface area contributed by atoms with Crippen LogP contribution in [0.5, 0.6) is 0 Å². The number of rotatable bonds is 5. The highest BCUT2D eigenvalue weighted by atomic mass is 32.1. The van der Waals surface area contributed by atoms with E-state index in [-0.39, 0.29) is 11.1 Å². The molecule has 190 valence electrons. The number of thiazole rings is 1. The number of aromatic nitrogens is 4. The fourth-order valence-electron chi connectivity index (χ4n) is 5.22. The van der Waals surface area contributed by atoms with Crippen LogP contribution >= 0.6 is 11.3 Å². The summed E-state index contributed by atoms with van der Waals surface area (Å²) in [4.78, 5) is 26.6. The summed E-state index contributed by atoms with van der Waals surface area (Å²) in [5.41, 5.74) is 5.93. The van der Waals surface area contributed by atoms with Crippen molar-refractivity contribution in [1.29, 1.82) is 5.26 Å². The van der Waals surface area contributed by atoms with Gasteiger partial charge in [0, 0.05) is 56.0 Å². The monoisotopic (exact) mass is 512 g/mol. The van der Waals surface area contributed by atoms with Gasteiger partial charge in [-0.2, -0.15) is 5.26 Å². The number of benzene rings is 1. The lowest BCUT2D eigenvalue weighted by molar-refractivity contribution is 0.247. The first-order valence-corrected chi connectivity index (χ1v) is 13.8. The zero-order chi connectivity index (χ0) is 25.9. The molecule has 1 aromatic carbocycles. The van der Waals surface area contributed by atoms with Crippen LogP contribution < -0.4 is 5.69 Å². The van der Waals surface area contributed by atoms with Gasteiger partial charge in [0.25, 0.3) is 0 Å². The second-order valence-electron chi connectivity index (χ2n) is 11.7. The molecule has 0 unspecified atom stereocenters. The van der Waals surface area contributed by atoms with Crippen LogP contribution in [-0.2, 0) is 33.1 Å². The molecule has 4 aromatic rings. The van der Waals surface area contributed by atoms with Crippen LogP contribution in [0, 0.1) is 16.7 Å². The van der Waals surface area contributed by atoms with E-state index in [4.69, 9.17) is 9.97 Å². The first-order chi connectivity index (χ1) is 17.7. The fourth-order valence-corrected chi connectivity index (χ4v) is 6.54. The van der Waals surface area contributed by atoms with Gasteiger partial charge in [0.1, 0.15) is 0 Å². The Balaban J connectivity index is 1.30. The maximum atomic E-state index is 13.0. The van der Waals surface area contributed by atoms with Gasteiger partial charge in [-0.1, -0.05) is 26.8 Å². The molecule has 0 amide bonds. The molecule has 0 N–H and O–H groups in total. The maximum Gasteiger partial charge on any atom is 0.330 e.